The van der Waals surface area contributed by atoms with Crippen LogP contribution in [0.1, 0.15) is 37.3 Å². The number of carbonyl (C=O) groups excluding carboxylic acids is 1. The molecule has 8 nitrogen and oxygen atoms in total. The summed E-state index contributed by atoms with van der Waals surface area (Å²) < 4.78 is 34.3. The smallest absolute Gasteiger partial charge is 0.307 e. The predicted molar refractivity (Wildman–Crippen MR) is 154 cm³/mol. The van der Waals surface area contributed by atoms with E-state index in [2.05, 4.69) is 9.71 Å². The monoisotopic (exact) mass is 586 g/mol. The van der Waals surface area contributed by atoms with Gasteiger partial charge in [0.25, 0.3) is 10.0 Å². The van der Waals surface area contributed by atoms with Gasteiger partial charge in [0.05, 0.1) is 36.2 Å². The number of aliphatic imine (C=N–C) groups is 1. The van der Waals surface area contributed by atoms with Gasteiger partial charge >= 0.3 is 5.97 Å². The highest BCUT2D eigenvalue weighted by atomic mass is 35.5. The van der Waals surface area contributed by atoms with Crippen LogP contribution in [0.3, 0.4) is 0 Å². The highest BCUT2D eigenvalue weighted by Gasteiger charge is 2.33. The normalized spacial score (nSPS) is 16.5. The van der Waals surface area contributed by atoms with Crippen LogP contribution in [0.2, 0.25) is 10.0 Å². The minimum Gasteiger partial charge on any atom is -0.466 e. The zero-order valence-corrected chi connectivity index (χ0v) is 23.7. The van der Waals surface area contributed by atoms with Crippen molar-refractivity contribution in [2.24, 2.45) is 10.1 Å². The fourth-order valence-electron chi connectivity index (χ4n) is 4.12. The van der Waals surface area contributed by atoms with Gasteiger partial charge in [0.2, 0.25) is 5.96 Å². The van der Waals surface area contributed by atoms with Crippen molar-refractivity contribution in [1.29, 1.82) is 0 Å². The van der Waals surface area contributed by atoms with Crippen LogP contribution in [-0.4, -0.2) is 50.3 Å². The molecule has 0 aliphatic carbocycles. The number of halogens is 2. The van der Waals surface area contributed by atoms with E-state index in [1.807, 2.05) is 42.5 Å². The Morgan fingerprint density at radius 3 is 2.28 bits per heavy atom. The first-order chi connectivity index (χ1) is 18.7. The number of hydrogen-bond donors (Lipinski definition) is 1. The minimum absolute atomic E-state index is 0.00774. The van der Waals surface area contributed by atoms with Gasteiger partial charge in [-0.25, -0.2) is 23.1 Å². The molecule has 1 heterocycles. The second kappa shape index (κ2) is 12.6. The molecule has 39 heavy (non-hydrogen) atoms. The van der Waals surface area contributed by atoms with Gasteiger partial charge < -0.3 is 4.74 Å². The van der Waals surface area contributed by atoms with Crippen molar-refractivity contribution in [3.8, 4) is 0 Å². The Balaban J connectivity index is 1.74. The van der Waals surface area contributed by atoms with Gasteiger partial charge in [-0.2, -0.15) is 5.10 Å². The van der Waals surface area contributed by atoms with E-state index in [1.54, 1.807) is 26.0 Å². The van der Waals surface area contributed by atoms with E-state index < -0.39 is 22.0 Å². The number of ether oxygens (including phenoxy) is 1. The van der Waals surface area contributed by atoms with Crippen molar-refractivity contribution >= 4 is 50.9 Å². The zero-order chi connectivity index (χ0) is 28.0. The zero-order valence-electron chi connectivity index (χ0n) is 21.4. The third kappa shape index (κ3) is 7.38. The van der Waals surface area contributed by atoms with Crippen LogP contribution in [0.25, 0.3) is 0 Å². The maximum absolute atomic E-state index is 13.3. The van der Waals surface area contributed by atoms with Crippen molar-refractivity contribution in [2.75, 3.05) is 13.2 Å². The van der Waals surface area contributed by atoms with Gasteiger partial charge in [0, 0.05) is 16.0 Å². The lowest BCUT2D eigenvalue weighted by Gasteiger charge is -2.21. The Morgan fingerprint density at radius 2 is 1.67 bits per heavy atom. The molecule has 204 valence electrons. The first kappa shape index (κ1) is 28.6. The molecule has 1 aliphatic heterocycles. The summed E-state index contributed by atoms with van der Waals surface area (Å²) in [6.07, 6.45) is -0.0241. The first-order valence-corrected chi connectivity index (χ1v) is 14.6. The van der Waals surface area contributed by atoms with Crippen LogP contribution in [0.4, 0.5) is 0 Å². The maximum atomic E-state index is 13.3. The molecule has 0 saturated heterocycles. The molecule has 11 heteroatoms. The van der Waals surface area contributed by atoms with Crippen molar-refractivity contribution in [2.45, 2.75) is 37.1 Å². The molecule has 3 aromatic rings. The molecule has 0 aromatic heterocycles. The third-order valence-corrected chi connectivity index (χ3v) is 7.81. The lowest BCUT2D eigenvalue weighted by molar-refractivity contribution is -0.143. The topological polar surface area (TPSA) is 100 Å². The number of benzene rings is 3. The highest BCUT2D eigenvalue weighted by Crippen LogP contribution is 2.30. The van der Waals surface area contributed by atoms with Crippen molar-refractivity contribution in [1.82, 2.24) is 9.73 Å². The number of hydrazone groups is 1. The maximum Gasteiger partial charge on any atom is 0.307 e. The number of nitrogens with zero attached hydrogens (tertiary/aromatic N) is 3. The van der Waals surface area contributed by atoms with Gasteiger partial charge in [-0.1, -0.05) is 65.7 Å². The number of nitrogens with one attached hydrogen (secondary N) is 1. The average Bonchev–Trinajstić information content (AvgIpc) is 3.35. The average molecular weight is 588 g/mol. The molecule has 1 N–H and O–H groups in total. The van der Waals surface area contributed by atoms with E-state index in [0.29, 0.717) is 16.6 Å². The van der Waals surface area contributed by atoms with Crippen LogP contribution in [-0.2, 0) is 19.6 Å². The van der Waals surface area contributed by atoms with Gasteiger partial charge in [-0.15, -0.1) is 0 Å². The summed E-state index contributed by atoms with van der Waals surface area (Å²) in [4.78, 5) is 16.7. The Hall–Kier alpha value is -3.40. The third-order valence-electron chi connectivity index (χ3n) is 5.96. The first-order valence-electron chi connectivity index (χ1n) is 12.3. The SMILES string of the molecule is CCOC(=O)CC(C)N=C(NS(=O)(=O)c1ccc(Cl)cc1)N1CC(c2ccccc2)C(c2ccc(Cl)cc2)=N1. The van der Waals surface area contributed by atoms with Crippen LogP contribution < -0.4 is 4.72 Å². The molecule has 0 amide bonds. The molecule has 4 rings (SSSR count). The standard InChI is InChI=1S/C28H28Cl2N4O4S/c1-3-38-26(35)17-19(2)31-28(33-39(36,37)24-15-13-23(30)14-16-24)34-18-25(20-7-5-4-6-8-20)27(32-34)21-9-11-22(29)12-10-21/h4-16,19,25H,3,17-18H2,1-2H3,(H,31,33). The Bertz CT molecular complexity index is 1460. The largest absolute Gasteiger partial charge is 0.466 e. The fourth-order valence-corrected chi connectivity index (χ4v) is 5.38. The molecule has 0 radical (unpaired) electrons. The molecule has 2 atom stereocenters. The molecular formula is C28H28Cl2N4O4S. The highest BCUT2D eigenvalue weighted by molar-refractivity contribution is 7.90. The van der Waals surface area contributed by atoms with Crippen LogP contribution in [0, 0.1) is 0 Å². The van der Waals surface area contributed by atoms with Crippen LogP contribution in [0.5, 0.6) is 0 Å². The summed E-state index contributed by atoms with van der Waals surface area (Å²) in [5, 5.41) is 7.35. The number of hydrogen-bond acceptors (Lipinski definition) is 6. The van der Waals surface area contributed by atoms with Gasteiger partial charge in [0.15, 0.2) is 0 Å². The molecule has 0 saturated carbocycles. The summed E-state index contributed by atoms with van der Waals surface area (Å²) in [6, 6.07) is 22.3. The molecule has 0 spiro atoms. The summed E-state index contributed by atoms with van der Waals surface area (Å²) in [6.45, 7) is 3.99. The van der Waals surface area contributed by atoms with Gasteiger partial charge in [0.1, 0.15) is 0 Å². The number of rotatable bonds is 8. The molecule has 1 aliphatic rings. The molecule has 2 unspecified atom stereocenters. The van der Waals surface area contributed by atoms with E-state index in [9.17, 15) is 13.2 Å². The van der Waals surface area contributed by atoms with E-state index in [-0.39, 0.29) is 29.8 Å². The molecular weight excluding hydrogens is 559 g/mol. The number of guanidine groups is 1. The summed E-state index contributed by atoms with van der Waals surface area (Å²) >= 11 is 12.1. The molecule has 0 fully saturated rings. The van der Waals surface area contributed by atoms with E-state index in [0.717, 1.165) is 16.8 Å². The Kier molecular flexibility index (Phi) is 9.27. The summed E-state index contributed by atoms with van der Waals surface area (Å²) in [5.74, 6) is -0.618. The number of sulfonamides is 1. The predicted octanol–water partition coefficient (Wildman–Crippen LogP) is 5.47. The summed E-state index contributed by atoms with van der Waals surface area (Å²) in [7, 11) is -4.05. The second-order valence-corrected chi connectivity index (χ2v) is 11.5. The lowest BCUT2D eigenvalue weighted by Crippen LogP contribution is -2.42. The quantitative estimate of drug-likeness (QED) is 0.214. The van der Waals surface area contributed by atoms with E-state index in [4.69, 9.17) is 33.0 Å². The van der Waals surface area contributed by atoms with Gasteiger partial charge in [-0.05, 0) is 61.4 Å². The Labute approximate surface area is 238 Å². The van der Waals surface area contributed by atoms with Crippen molar-refractivity contribution in [3.63, 3.8) is 0 Å². The van der Waals surface area contributed by atoms with Crippen LogP contribution in [0.15, 0.2) is 93.9 Å². The van der Waals surface area contributed by atoms with Crippen molar-refractivity contribution < 1.29 is 17.9 Å². The van der Waals surface area contributed by atoms with Gasteiger partial charge in [-0.3, -0.25) is 4.79 Å². The molecule has 0 bridgehead atoms. The minimum atomic E-state index is -4.05. The van der Waals surface area contributed by atoms with E-state index in [1.165, 1.54) is 29.3 Å². The van der Waals surface area contributed by atoms with E-state index >= 15 is 0 Å². The second-order valence-electron chi connectivity index (χ2n) is 8.91. The van der Waals surface area contributed by atoms with Crippen LogP contribution >= 0.6 is 23.2 Å². The number of esters is 1. The lowest BCUT2D eigenvalue weighted by atomic mass is 9.91. The summed E-state index contributed by atoms with van der Waals surface area (Å²) in [5.41, 5.74) is 2.58. The fraction of sp³-hybridized carbons (Fsp3) is 0.250. The van der Waals surface area contributed by atoms with Crippen molar-refractivity contribution in [3.05, 3.63) is 100 Å². The number of carbonyl (C=O) groups is 1. The molecule has 3 aromatic carbocycles. The Morgan fingerprint density at radius 1 is 1.05 bits per heavy atom.